The summed E-state index contributed by atoms with van der Waals surface area (Å²) in [5, 5.41) is 1.99. The van der Waals surface area contributed by atoms with Crippen LogP contribution in [-0.4, -0.2) is 28.5 Å². The van der Waals surface area contributed by atoms with E-state index in [1.165, 1.54) is 0 Å². The largest absolute Gasteiger partial charge is 0.416 e. The summed E-state index contributed by atoms with van der Waals surface area (Å²) in [6.45, 7) is 0.412. The van der Waals surface area contributed by atoms with Crippen LogP contribution in [0.2, 0.25) is 0 Å². The second kappa shape index (κ2) is 7.27. The molecule has 0 atom stereocenters. The molecule has 0 fully saturated rings. The normalized spacial score (nSPS) is 11.2. The third-order valence-corrected chi connectivity index (χ3v) is 5.16. The third-order valence-electron chi connectivity index (χ3n) is 4.14. The van der Waals surface area contributed by atoms with Crippen molar-refractivity contribution in [1.82, 2.24) is 14.3 Å². The molecule has 132 valence electrons. The Balaban J connectivity index is 1.82. The van der Waals surface area contributed by atoms with Crippen LogP contribution in [0.15, 0.2) is 76.9 Å². The van der Waals surface area contributed by atoms with Crippen molar-refractivity contribution in [2.24, 2.45) is 0 Å². The molecule has 5 nitrogen and oxygen atoms in total. The molecule has 0 aliphatic rings. The number of para-hydroxylation sites is 1. The summed E-state index contributed by atoms with van der Waals surface area (Å²) in [5.74, 6) is 0. The van der Waals surface area contributed by atoms with Gasteiger partial charge in [-0.05, 0) is 24.3 Å². The summed E-state index contributed by atoms with van der Waals surface area (Å²) in [6, 6.07) is 20.5. The summed E-state index contributed by atoms with van der Waals surface area (Å²) in [6.07, 6.45) is 1.87. The fraction of sp³-hybridized carbons (Fsp3) is 0.150. The zero-order chi connectivity index (χ0) is 17.9. The number of hydrogen-bond donors (Lipinski definition) is 0. The van der Waals surface area contributed by atoms with Crippen molar-refractivity contribution in [1.29, 1.82) is 0 Å². The summed E-state index contributed by atoms with van der Waals surface area (Å²) >= 11 is 1.61. The Morgan fingerprint density at radius 2 is 1.73 bits per heavy atom. The van der Waals surface area contributed by atoms with Crippen molar-refractivity contribution >= 4 is 22.7 Å². The van der Waals surface area contributed by atoms with Gasteiger partial charge in [-0.3, -0.25) is 4.57 Å². The molecular weight excluding hydrogens is 346 g/mol. The Bertz CT molecular complexity index is 1020. The van der Waals surface area contributed by atoms with Crippen LogP contribution in [0.5, 0.6) is 0 Å². The average Bonchev–Trinajstić information content (AvgIpc) is 3.24. The van der Waals surface area contributed by atoms with Gasteiger partial charge in [0.05, 0.1) is 17.4 Å². The third kappa shape index (κ3) is 2.98. The number of ether oxygens (including phenoxy) is 1. The van der Waals surface area contributed by atoms with E-state index < -0.39 is 0 Å². The van der Waals surface area contributed by atoms with E-state index in [0.29, 0.717) is 6.73 Å². The molecule has 0 radical (unpaired) electrons. The first-order valence-electron chi connectivity index (χ1n) is 8.24. The number of methoxy groups -OCH3 is 1. The van der Waals surface area contributed by atoms with E-state index in [1.54, 1.807) is 26.0 Å². The highest BCUT2D eigenvalue weighted by Crippen LogP contribution is 2.33. The van der Waals surface area contributed by atoms with Gasteiger partial charge in [-0.15, -0.1) is 0 Å². The molecule has 2 aromatic carbocycles. The maximum atomic E-state index is 5.64. The topological polar surface area (TPSA) is 41.2 Å². The molecule has 0 bridgehead atoms. The predicted molar refractivity (Wildman–Crippen MR) is 103 cm³/mol. The Morgan fingerprint density at radius 3 is 2.50 bits per heavy atom. The molecule has 2 heterocycles. The second-order valence-electron chi connectivity index (χ2n) is 5.75. The van der Waals surface area contributed by atoms with Crippen LogP contribution in [0.4, 0.5) is 0 Å². The minimum Gasteiger partial charge on any atom is -0.416 e. The fourth-order valence-electron chi connectivity index (χ4n) is 3.00. The molecule has 4 rings (SSSR count). The molecule has 2 aromatic heterocycles. The Hall–Kier alpha value is -2.70. The number of benzene rings is 2. The van der Waals surface area contributed by atoms with Crippen molar-refractivity contribution in [3.05, 3.63) is 66.9 Å². The van der Waals surface area contributed by atoms with Crippen LogP contribution in [0.25, 0.3) is 22.3 Å². The van der Waals surface area contributed by atoms with Crippen LogP contribution in [-0.2, 0) is 11.5 Å². The summed E-state index contributed by atoms with van der Waals surface area (Å²) in [7, 11) is 3.36. The molecule has 0 saturated heterocycles. The fourth-order valence-corrected chi connectivity index (χ4v) is 3.87. The molecular formula is C20H19N3O2S. The highest BCUT2D eigenvalue weighted by Gasteiger charge is 2.18. The van der Waals surface area contributed by atoms with E-state index in [2.05, 4.69) is 33.8 Å². The van der Waals surface area contributed by atoms with Gasteiger partial charge in [-0.2, -0.15) is 4.73 Å². The molecule has 0 aliphatic carbocycles. The number of nitrogens with zero attached hydrogens (tertiary/aromatic N) is 3. The second-order valence-corrected chi connectivity index (χ2v) is 6.79. The summed E-state index contributed by atoms with van der Waals surface area (Å²) in [4.78, 5) is 11.4. The quantitative estimate of drug-likeness (QED) is 0.510. The molecule has 0 N–H and O–H groups in total. The van der Waals surface area contributed by atoms with E-state index in [0.717, 1.165) is 32.3 Å². The molecule has 26 heavy (non-hydrogen) atoms. The summed E-state index contributed by atoms with van der Waals surface area (Å²) in [5.41, 5.74) is 2.91. The van der Waals surface area contributed by atoms with Crippen molar-refractivity contribution in [2.45, 2.75) is 16.8 Å². The monoisotopic (exact) mass is 365 g/mol. The number of hydrogen-bond acceptors (Lipinski definition) is 4. The lowest BCUT2D eigenvalue weighted by Gasteiger charge is -2.12. The maximum absolute atomic E-state index is 5.64. The first-order valence-corrected chi connectivity index (χ1v) is 9.06. The van der Waals surface area contributed by atoms with Gasteiger partial charge in [0.1, 0.15) is 19.5 Å². The van der Waals surface area contributed by atoms with Gasteiger partial charge in [0.2, 0.25) is 0 Å². The Morgan fingerprint density at radius 1 is 0.962 bits per heavy atom. The molecule has 6 heteroatoms. The van der Waals surface area contributed by atoms with E-state index in [1.807, 2.05) is 47.3 Å². The van der Waals surface area contributed by atoms with E-state index in [4.69, 9.17) is 9.57 Å². The zero-order valence-electron chi connectivity index (χ0n) is 14.6. The van der Waals surface area contributed by atoms with E-state index in [9.17, 15) is 0 Å². The van der Waals surface area contributed by atoms with Gasteiger partial charge in [-0.1, -0.05) is 48.2 Å². The van der Waals surface area contributed by atoms with Crippen molar-refractivity contribution in [3.63, 3.8) is 0 Å². The number of imidazole rings is 1. The molecule has 0 unspecified atom stereocenters. The van der Waals surface area contributed by atoms with Crippen LogP contribution in [0.3, 0.4) is 0 Å². The number of fused-ring (bicyclic) bond motifs is 1. The minimum atomic E-state index is 0.412. The Kier molecular flexibility index (Phi) is 4.69. The molecule has 0 spiro atoms. The van der Waals surface area contributed by atoms with E-state index >= 15 is 0 Å². The molecule has 0 aliphatic heterocycles. The van der Waals surface area contributed by atoms with Gasteiger partial charge in [0.25, 0.3) is 0 Å². The Labute approximate surface area is 156 Å². The van der Waals surface area contributed by atoms with Crippen LogP contribution < -0.4 is 4.84 Å². The first-order chi connectivity index (χ1) is 12.8. The molecule has 0 saturated carbocycles. The first kappa shape index (κ1) is 16.8. The lowest BCUT2D eigenvalue weighted by molar-refractivity contribution is 0.124. The standard InChI is InChI=1S/C20H19N3O2S/c1-24-14-22-19(13-21-20(22)26-16-9-4-3-5-10-16)18-12-15-8-6-7-11-17(15)23(18)25-2/h3-13H,14H2,1-2H3. The van der Waals surface area contributed by atoms with Crippen molar-refractivity contribution in [2.75, 3.05) is 14.2 Å². The van der Waals surface area contributed by atoms with Gasteiger partial charge >= 0.3 is 0 Å². The number of rotatable bonds is 6. The van der Waals surface area contributed by atoms with E-state index in [-0.39, 0.29) is 0 Å². The van der Waals surface area contributed by atoms with Crippen LogP contribution in [0.1, 0.15) is 0 Å². The van der Waals surface area contributed by atoms with Crippen LogP contribution in [0, 0.1) is 0 Å². The average molecular weight is 365 g/mol. The highest BCUT2D eigenvalue weighted by molar-refractivity contribution is 7.99. The minimum absolute atomic E-state index is 0.412. The number of aromatic nitrogens is 3. The summed E-state index contributed by atoms with van der Waals surface area (Å²) < 4.78 is 9.32. The molecule has 4 aromatic rings. The molecule has 0 amide bonds. The van der Waals surface area contributed by atoms with Crippen LogP contribution >= 0.6 is 11.8 Å². The lowest BCUT2D eigenvalue weighted by atomic mass is 10.2. The maximum Gasteiger partial charge on any atom is 0.175 e. The van der Waals surface area contributed by atoms with Crippen molar-refractivity contribution < 1.29 is 9.57 Å². The SMILES string of the molecule is COCn1c(-c2cc3ccccc3n2OC)cnc1Sc1ccccc1. The highest BCUT2D eigenvalue weighted by atomic mass is 32.2. The zero-order valence-corrected chi connectivity index (χ0v) is 15.4. The van der Waals surface area contributed by atoms with Gasteiger partial charge in [0.15, 0.2) is 5.16 Å². The predicted octanol–water partition coefficient (Wildman–Crippen LogP) is 4.32. The van der Waals surface area contributed by atoms with Gasteiger partial charge in [0, 0.05) is 17.4 Å². The lowest BCUT2D eigenvalue weighted by Crippen LogP contribution is -2.10. The van der Waals surface area contributed by atoms with Gasteiger partial charge < -0.3 is 9.57 Å². The van der Waals surface area contributed by atoms with Gasteiger partial charge in [-0.25, -0.2) is 4.98 Å². The van der Waals surface area contributed by atoms with Crippen molar-refractivity contribution in [3.8, 4) is 11.4 Å². The smallest absolute Gasteiger partial charge is 0.175 e.